The number of nitrogens with zero attached hydrogens (tertiary/aromatic N) is 1. The van der Waals surface area contributed by atoms with Crippen molar-refractivity contribution >= 4 is 21.4 Å². The van der Waals surface area contributed by atoms with Gasteiger partial charge in [0.15, 0.2) is 0 Å². The van der Waals surface area contributed by atoms with Crippen LogP contribution in [0, 0.1) is 13.8 Å². The van der Waals surface area contributed by atoms with E-state index in [1.54, 1.807) is 6.07 Å². The zero-order valence-electron chi connectivity index (χ0n) is 12.6. The van der Waals surface area contributed by atoms with E-state index in [1.165, 1.54) is 11.3 Å². The summed E-state index contributed by atoms with van der Waals surface area (Å²) in [6, 6.07) is 1.90. The van der Waals surface area contributed by atoms with Crippen LogP contribution in [-0.4, -0.2) is 50.7 Å². The molecule has 0 spiro atoms. The Kier molecular flexibility index (Phi) is 5.79. The topological polar surface area (TPSA) is 69.6 Å². The number of aliphatic hydroxyl groups is 1. The van der Waals surface area contributed by atoms with E-state index in [2.05, 4.69) is 9.62 Å². The van der Waals surface area contributed by atoms with Crippen molar-refractivity contribution in [2.24, 2.45) is 0 Å². The lowest BCUT2D eigenvalue weighted by molar-refractivity contribution is 0.0923. The first-order valence-electron chi connectivity index (χ1n) is 7.35. The van der Waals surface area contributed by atoms with Crippen molar-refractivity contribution in [2.45, 2.75) is 44.0 Å². The Morgan fingerprint density at radius 1 is 1.43 bits per heavy atom. The zero-order chi connectivity index (χ0) is 15.5. The van der Waals surface area contributed by atoms with Gasteiger partial charge in [0.05, 0.1) is 11.5 Å². The first kappa shape index (κ1) is 16.9. The van der Waals surface area contributed by atoms with Crippen LogP contribution in [-0.2, 0) is 10.0 Å². The Hall–Kier alpha value is -0.470. The maximum atomic E-state index is 12.3. The highest BCUT2D eigenvalue weighted by atomic mass is 32.2. The monoisotopic (exact) mass is 332 g/mol. The number of nitrogens with one attached hydrogen (secondary N) is 1. The number of hydrogen-bond donors (Lipinski definition) is 2. The van der Waals surface area contributed by atoms with Crippen LogP contribution in [0.2, 0.25) is 0 Å². The molecule has 0 bridgehead atoms. The van der Waals surface area contributed by atoms with E-state index >= 15 is 0 Å². The van der Waals surface area contributed by atoms with E-state index in [-0.39, 0.29) is 12.6 Å². The average Bonchev–Trinajstić information content (AvgIpc) is 2.79. The Morgan fingerprint density at radius 3 is 2.81 bits per heavy atom. The summed E-state index contributed by atoms with van der Waals surface area (Å²) in [4.78, 5) is 4.40. The number of hydrogen-bond acceptors (Lipinski definition) is 5. The number of sulfonamides is 1. The molecule has 2 heterocycles. The number of thiophene rings is 1. The molecule has 0 aliphatic carbocycles. The van der Waals surface area contributed by atoms with Crippen molar-refractivity contribution in [3.05, 3.63) is 15.8 Å². The fourth-order valence-corrected chi connectivity index (χ4v) is 5.41. The summed E-state index contributed by atoms with van der Waals surface area (Å²) in [5.41, 5.74) is 0. The first-order chi connectivity index (χ1) is 9.94. The molecule has 0 saturated carbocycles. The molecule has 0 amide bonds. The van der Waals surface area contributed by atoms with E-state index in [0.717, 1.165) is 35.6 Å². The molecule has 1 fully saturated rings. The van der Waals surface area contributed by atoms with Crippen LogP contribution in [0.15, 0.2) is 11.0 Å². The van der Waals surface area contributed by atoms with Gasteiger partial charge in [-0.15, -0.1) is 11.3 Å². The second kappa shape index (κ2) is 7.19. The van der Waals surface area contributed by atoms with Gasteiger partial charge >= 0.3 is 0 Å². The van der Waals surface area contributed by atoms with Gasteiger partial charge in [0.1, 0.15) is 0 Å². The normalized spacial score (nSPS) is 20.8. The van der Waals surface area contributed by atoms with Crippen LogP contribution in [0.4, 0.5) is 0 Å². The lowest BCUT2D eigenvalue weighted by Gasteiger charge is -2.34. The summed E-state index contributed by atoms with van der Waals surface area (Å²) >= 11 is 1.50. The number of rotatable bonds is 6. The van der Waals surface area contributed by atoms with Crippen LogP contribution in [0.5, 0.6) is 0 Å². The highest BCUT2D eigenvalue weighted by Crippen LogP contribution is 2.24. The number of aliphatic hydroxyl groups excluding tert-OH is 1. The molecule has 2 N–H and O–H groups in total. The van der Waals surface area contributed by atoms with E-state index in [1.807, 2.05) is 13.8 Å². The molecular weight excluding hydrogens is 308 g/mol. The first-order valence-corrected chi connectivity index (χ1v) is 9.65. The predicted molar refractivity (Wildman–Crippen MR) is 85.3 cm³/mol. The second-order valence-corrected chi connectivity index (χ2v) is 8.74. The molecule has 1 aliphatic rings. The molecule has 7 heteroatoms. The smallest absolute Gasteiger partial charge is 0.241 e. The van der Waals surface area contributed by atoms with E-state index in [9.17, 15) is 13.5 Å². The predicted octanol–water partition coefficient (Wildman–Crippen LogP) is 1.49. The molecule has 0 aromatic carbocycles. The molecule has 120 valence electrons. The van der Waals surface area contributed by atoms with Crippen molar-refractivity contribution in [3.63, 3.8) is 0 Å². The van der Waals surface area contributed by atoms with Gasteiger partial charge in [-0.1, -0.05) is 6.42 Å². The highest BCUT2D eigenvalue weighted by Gasteiger charge is 2.23. The van der Waals surface area contributed by atoms with Crippen molar-refractivity contribution in [2.75, 3.05) is 26.2 Å². The lowest BCUT2D eigenvalue weighted by Crippen LogP contribution is -2.45. The Bertz CT molecular complexity index is 569. The third-order valence-corrected chi connectivity index (χ3v) is 6.62. The van der Waals surface area contributed by atoms with Gasteiger partial charge in [-0.25, -0.2) is 13.1 Å². The second-order valence-electron chi connectivity index (χ2n) is 5.54. The molecule has 1 aliphatic heterocycles. The van der Waals surface area contributed by atoms with Crippen molar-refractivity contribution < 1.29 is 13.5 Å². The fourth-order valence-electron chi connectivity index (χ4n) is 2.84. The quantitative estimate of drug-likeness (QED) is 0.828. The highest BCUT2D eigenvalue weighted by molar-refractivity contribution is 7.89. The van der Waals surface area contributed by atoms with Crippen LogP contribution in [0.25, 0.3) is 0 Å². The Labute approximate surface area is 131 Å². The average molecular weight is 332 g/mol. The van der Waals surface area contributed by atoms with Crippen LogP contribution in [0.1, 0.15) is 29.0 Å². The van der Waals surface area contributed by atoms with Gasteiger partial charge < -0.3 is 5.11 Å². The summed E-state index contributed by atoms with van der Waals surface area (Å²) in [7, 11) is -3.42. The van der Waals surface area contributed by atoms with Crippen LogP contribution < -0.4 is 4.72 Å². The minimum atomic E-state index is -3.42. The van der Waals surface area contributed by atoms with Crippen LogP contribution >= 0.6 is 11.3 Å². The molecule has 1 atom stereocenters. The number of aryl methyl sites for hydroxylation is 2. The minimum absolute atomic E-state index is 0.148. The zero-order valence-corrected chi connectivity index (χ0v) is 14.3. The molecular formula is C14H24N2O3S2. The van der Waals surface area contributed by atoms with Gasteiger partial charge in [0, 0.05) is 28.9 Å². The molecule has 1 aromatic rings. The summed E-state index contributed by atoms with van der Waals surface area (Å²) < 4.78 is 27.3. The molecule has 5 nitrogen and oxygen atoms in total. The van der Waals surface area contributed by atoms with Crippen molar-refractivity contribution in [3.8, 4) is 0 Å². The summed E-state index contributed by atoms with van der Waals surface area (Å²) in [5.74, 6) is 0. The maximum absolute atomic E-state index is 12.3. The number of likely N-dealkylation sites (tertiary alicyclic amines) is 1. The van der Waals surface area contributed by atoms with Crippen molar-refractivity contribution in [1.29, 1.82) is 0 Å². The molecule has 0 radical (unpaired) electrons. The van der Waals surface area contributed by atoms with E-state index in [4.69, 9.17) is 0 Å². The van der Waals surface area contributed by atoms with Gasteiger partial charge in [-0.3, -0.25) is 4.90 Å². The van der Waals surface area contributed by atoms with Gasteiger partial charge in [-0.05, 0) is 39.3 Å². The Balaban J connectivity index is 1.91. The molecule has 1 saturated heterocycles. The minimum Gasteiger partial charge on any atom is -0.395 e. The van der Waals surface area contributed by atoms with E-state index < -0.39 is 10.0 Å². The third kappa shape index (κ3) is 4.26. The maximum Gasteiger partial charge on any atom is 0.241 e. The fraction of sp³-hybridized carbons (Fsp3) is 0.714. The standard InChI is InChI=1S/C14H24N2O3S2/c1-11-9-14(12(2)20-11)21(18,19)15-6-8-16-7-4-3-5-13(16)10-17/h9,13,15,17H,3-8,10H2,1-2H3/t13-/m1/s1. The third-order valence-electron chi connectivity index (χ3n) is 3.94. The number of piperidine rings is 1. The van der Waals surface area contributed by atoms with Gasteiger partial charge in [0.25, 0.3) is 0 Å². The van der Waals surface area contributed by atoms with E-state index in [0.29, 0.717) is 18.0 Å². The summed E-state index contributed by atoms with van der Waals surface area (Å²) in [5, 5.41) is 9.36. The van der Waals surface area contributed by atoms with Crippen molar-refractivity contribution in [1.82, 2.24) is 9.62 Å². The lowest BCUT2D eigenvalue weighted by atomic mass is 10.0. The van der Waals surface area contributed by atoms with Gasteiger partial charge in [-0.2, -0.15) is 0 Å². The molecule has 21 heavy (non-hydrogen) atoms. The van der Waals surface area contributed by atoms with Gasteiger partial charge in [0.2, 0.25) is 10.0 Å². The molecule has 2 rings (SSSR count). The SMILES string of the molecule is Cc1cc(S(=O)(=O)NCCN2CCCC[C@@H]2CO)c(C)s1. The Morgan fingerprint density at radius 2 is 2.19 bits per heavy atom. The van der Waals surface area contributed by atoms with Crippen LogP contribution in [0.3, 0.4) is 0 Å². The summed E-state index contributed by atoms with van der Waals surface area (Å²) in [6.07, 6.45) is 3.25. The summed E-state index contributed by atoms with van der Waals surface area (Å²) in [6.45, 7) is 5.85. The molecule has 1 aromatic heterocycles. The molecule has 0 unspecified atom stereocenters. The largest absolute Gasteiger partial charge is 0.395 e.